The maximum atomic E-state index is 12.3. The summed E-state index contributed by atoms with van der Waals surface area (Å²) < 4.78 is -0.892. The first-order valence-corrected chi connectivity index (χ1v) is 7.53. The zero-order valence-electron chi connectivity index (χ0n) is 9.90. The molecule has 7 heteroatoms. The molecule has 0 radical (unpaired) electrons. The van der Waals surface area contributed by atoms with Crippen molar-refractivity contribution in [2.75, 3.05) is 12.5 Å². The molecule has 2 N–H and O–H groups in total. The normalized spacial score (nSPS) is 24.9. The van der Waals surface area contributed by atoms with Crippen LogP contribution in [0.15, 0.2) is 0 Å². The number of carbonyl (C=O) groups excluding carboxylic acids is 3. The Morgan fingerprint density at radius 2 is 2.00 bits per heavy atom. The maximum Gasteiger partial charge on any atom is 0.266 e. The molecule has 2 amide bonds. The van der Waals surface area contributed by atoms with Crippen molar-refractivity contribution in [3.63, 3.8) is 0 Å². The summed E-state index contributed by atoms with van der Waals surface area (Å²) in [7, 11) is 0. The number of rotatable bonds is 5. The summed E-state index contributed by atoms with van der Waals surface area (Å²) in [6.45, 7) is 1.81. The first kappa shape index (κ1) is 14.5. The quantitative estimate of drug-likeness (QED) is 0.423. The minimum atomic E-state index is -2.21. The number of ketones is 1. The second-order valence-corrected chi connectivity index (χ2v) is 6.23. The minimum Gasteiger partial charge on any atom is -0.373 e. The fourth-order valence-electron chi connectivity index (χ4n) is 1.80. The molecule has 0 bridgehead atoms. The van der Waals surface area contributed by atoms with Crippen molar-refractivity contribution in [2.24, 2.45) is 0 Å². The number of aliphatic hydroxyl groups is 1. The lowest BCUT2D eigenvalue weighted by atomic mass is 9.92. The van der Waals surface area contributed by atoms with Crippen LogP contribution < -0.4 is 5.32 Å². The largest absolute Gasteiger partial charge is 0.373 e. The van der Waals surface area contributed by atoms with E-state index in [1.165, 1.54) is 23.5 Å². The predicted molar refractivity (Wildman–Crippen MR) is 67.8 cm³/mol. The third kappa shape index (κ3) is 2.23. The maximum absolute atomic E-state index is 12.3. The topological polar surface area (TPSA) is 83.5 Å². The van der Waals surface area contributed by atoms with Gasteiger partial charge in [0.15, 0.2) is 0 Å². The van der Waals surface area contributed by atoms with E-state index in [0.717, 1.165) is 0 Å². The molecule has 0 spiro atoms. The molecule has 1 atom stereocenters. The second-order valence-electron chi connectivity index (χ2n) is 3.76. The van der Waals surface area contributed by atoms with Crippen molar-refractivity contribution in [1.82, 2.24) is 5.32 Å². The molecule has 1 aliphatic heterocycles. The van der Waals surface area contributed by atoms with Crippen LogP contribution in [0.25, 0.3) is 0 Å². The molecule has 1 fully saturated rings. The third-order valence-corrected chi connectivity index (χ3v) is 6.16. The monoisotopic (exact) mass is 277 g/mol. The zero-order valence-corrected chi connectivity index (χ0v) is 11.5. The standard InChI is InChI=1S/C10H15NO4S2/c1-4-10(16-2,17-3)7(13)9(15)5-6(12)11-8(9)14/h15H,4-5H2,1-3H3,(H,11,12,14). The van der Waals surface area contributed by atoms with Gasteiger partial charge < -0.3 is 5.11 Å². The van der Waals surface area contributed by atoms with Crippen LogP contribution >= 0.6 is 23.5 Å². The number of hydrogen-bond acceptors (Lipinski definition) is 6. The van der Waals surface area contributed by atoms with Crippen LogP contribution in [0.5, 0.6) is 0 Å². The molecule has 0 aromatic heterocycles. The first-order valence-electron chi connectivity index (χ1n) is 5.08. The first-order chi connectivity index (χ1) is 7.86. The van der Waals surface area contributed by atoms with E-state index < -0.39 is 33.7 Å². The summed E-state index contributed by atoms with van der Waals surface area (Å²) in [6.07, 6.45) is 3.48. The molecule has 0 saturated carbocycles. The molecule has 0 aromatic carbocycles. The number of Topliss-reactive ketones (excluding diaryl/α,β-unsaturated/α-hetero) is 1. The Balaban J connectivity index is 3.11. The number of nitrogens with one attached hydrogen (secondary N) is 1. The third-order valence-electron chi connectivity index (χ3n) is 2.89. The fourth-order valence-corrected chi connectivity index (χ4v) is 3.76. The second kappa shape index (κ2) is 4.99. The molecule has 0 aliphatic carbocycles. The predicted octanol–water partition coefficient (Wildman–Crippen LogP) is 0.165. The Morgan fingerprint density at radius 3 is 2.29 bits per heavy atom. The lowest BCUT2D eigenvalue weighted by molar-refractivity contribution is -0.149. The Labute approximate surface area is 108 Å². The fraction of sp³-hybridized carbons (Fsp3) is 0.700. The number of hydrogen-bond donors (Lipinski definition) is 2. The van der Waals surface area contributed by atoms with E-state index in [-0.39, 0.29) is 0 Å². The van der Waals surface area contributed by atoms with Crippen molar-refractivity contribution >= 4 is 41.1 Å². The molecule has 1 aliphatic rings. The summed E-state index contributed by atoms with van der Waals surface area (Å²) in [5.74, 6) is -2.12. The highest BCUT2D eigenvalue weighted by Crippen LogP contribution is 2.42. The molecule has 1 heterocycles. The van der Waals surface area contributed by atoms with Gasteiger partial charge in [-0.3, -0.25) is 19.7 Å². The lowest BCUT2D eigenvalue weighted by Gasteiger charge is -2.32. The minimum absolute atomic E-state index is 0.470. The smallest absolute Gasteiger partial charge is 0.266 e. The SMILES string of the molecule is CCC(SC)(SC)C(=O)C1(O)CC(=O)NC1=O. The Morgan fingerprint density at radius 1 is 1.47 bits per heavy atom. The molecular weight excluding hydrogens is 262 g/mol. The molecule has 0 aromatic rings. The average molecular weight is 277 g/mol. The molecule has 1 rings (SSSR count). The van der Waals surface area contributed by atoms with Crippen LogP contribution in [0.4, 0.5) is 0 Å². The van der Waals surface area contributed by atoms with Gasteiger partial charge in [-0.15, -0.1) is 23.5 Å². The van der Waals surface area contributed by atoms with E-state index in [1.807, 2.05) is 12.2 Å². The van der Waals surface area contributed by atoms with E-state index in [0.29, 0.717) is 6.42 Å². The van der Waals surface area contributed by atoms with Gasteiger partial charge in [0.05, 0.1) is 6.42 Å². The lowest BCUT2D eigenvalue weighted by Crippen LogP contribution is -2.53. The van der Waals surface area contributed by atoms with Gasteiger partial charge in [0.25, 0.3) is 5.91 Å². The number of carbonyl (C=O) groups is 3. The highest BCUT2D eigenvalue weighted by atomic mass is 32.2. The van der Waals surface area contributed by atoms with Crippen molar-refractivity contribution in [2.45, 2.75) is 29.4 Å². The highest BCUT2D eigenvalue weighted by molar-refractivity contribution is 8.18. The average Bonchev–Trinajstić information content (AvgIpc) is 2.56. The molecular formula is C10H15NO4S2. The Kier molecular flexibility index (Phi) is 4.27. The van der Waals surface area contributed by atoms with Crippen molar-refractivity contribution in [3.8, 4) is 0 Å². The molecule has 5 nitrogen and oxygen atoms in total. The summed E-state index contributed by atoms with van der Waals surface area (Å²) in [5, 5.41) is 12.1. The molecule has 1 saturated heterocycles. The van der Waals surface area contributed by atoms with Crippen LogP contribution in [-0.4, -0.2) is 44.9 Å². The van der Waals surface area contributed by atoms with Gasteiger partial charge in [-0.25, -0.2) is 0 Å². The van der Waals surface area contributed by atoms with Crippen LogP contribution in [0.2, 0.25) is 0 Å². The highest BCUT2D eigenvalue weighted by Gasteiger charge is 2.57. The number of thioether (sulfide) groups is 2. The summed E-state index contributed by atoms with van der Waals surface area (Å²) in [6, 6.07) is 0. The van der Waals surface area contributed by atoms with E-state index in [2.05, 4.69) is 0 Å². The van der Waals surface area contributed by atoms with E-state index >= 15 is 0 Å². The summed E-state index contributed by atoms with van der Waals surface area (Å²) >= 11 is 2.55. The van der Waals surface area contributed by atoms with Crippen molar-refractivity contribution < 1.29 is 19.5 Å². The molecule has 96 valence electrons. The van der Waals surface area contributed by atoms with Crippen LogP contribution in [-0.2, 0) is 14.4 Å². The molecule has 17 heavy (non-hydrogen) atoms. The van der Waals surface area contributed by atoms with E-state index in [4.69, 9.17) is 0 Å². The van der Waals surface area contributed by atoms with Crippen molar-refractivity contribution in [1.29, 1.82) is 0 Å². The van der Waals surface area contributed by atoms with Gasteiger partial charge in [-0.1, -0.05) is 6.92 Å². The van der Waals surface area contributed by atoms with Gasteiger partial charge in [0.1, 0.15) is 4.08 Å². The van der Waals surface area contributed by atoms with Gasteiger partial charge >= 0.3 is 0 Å². The van der Waals surface area contributed by atoms with Crippen LogP contribution in [0, 0.1) is 0 Å². The van der Waals surface area contributed by atoms with E-state index in [9.17, 15) is 19.5 Å². The van der Waals surface area contributed by atoms with Crippen LogP contribution in [0.1, 0.15) is 19.8 Å². The van der Waals surface area contributed by atoms with Gasteiger partial charge in [0.2, 0.25) is 17.3 Å². The number of imide groups is 1. The zero-order chi connectivity index (χ0) is 13.3. The summed E-state index contributed by atoms with van der Waals surface area (Å²) in [4.78, 5) is 35.0. The molecule has 1 unspecified atom stereocenters. The Bertz CT molecular complexity index is 359. The summed E-state index contributed by atoms with van der Waals surface area (Å²) in [5.41, 5.74) is -2.21. The number of amides is 2. The van der Waals surface area contributed by atoms with Gasteiger partial charge in [-0.2, -0.15) is 0 Å². The van der Waals surface area contributed by atoms with Gasteiger partial charge in [-0.05, 0) is 18.9 Å². The van der Waals surface area contributed by atoms with E-state index in [1.54, 1.807) is 12.5 Å². The Hall–Kier alpha value is -0.530. The van der Waals surface area contributed by atoms with Crippen LogP contribution in [0.3, 0.4) is 0 Å². The van der Waals surface area contributed by atoms with Gasteiger partial charge in [0, 0.05) is 0 Å². The van der Waals surface area contributed by atoms with Crippen molar-refractivity contribution in [3.05, 3.63) is 0 Å².